The molecule has 2 heterocycles. The van der Waals surface area contributed by atoms with E-state index in [9.17, 15) is 9.59 Å². The number of hydrogen-bond acceptors (Lipinski definition) is 8. The molecule has 0 amide bonds. The highest BCUT2D eigenvalue weighted by Crippen LogP contribution is 2.38. The van der Waals surface area contributed by atoms with Gasteiger partial charge in [-0.1, -0.05) is 36.3 Å². The van der Waals surface area contributed by atoms with Crippen LogP contribution in [0.4, 0.5) is 0 Å². The number of hydrogen-bond donors (Lipinski definition) is 0. The van der Waals surface area contributed by atoms with Gasteiger partial charge in [0, 0.05) is 22.2 Å². The zero-order chi connectivity index (χ0) is 27.4. The highest BCUT2D eigenvalue weighted by Gasteiger charge is 2.36. The van der Waals surface area contributed by atoms with E-state index in [4.69, 9.17) is 35.5 Å². The smallest absolute Gasteiger partial charge is 0.338 e. The first kappa shape index (κ1) is 27.5. The average Bonchev–Trinajstić information content (AvgIpc) is 3.22. The van der Waals surface area contributed by atoms with Crippen LogP contribution in [0.3, 0.4) is 0 Å². The number of carbonyl (C=O) groups excluding carboxylic acids is 1. The van der Waals surface area contributed by atoms with Crippen molar-refractivity contribution in [2.24, 2.45) is 4.99 Å². The number of allylic oxidation sites excluding steroid dienone is 1. The largest absolute Gasteiger partial charge is 0.497 e. The highest BCUT2D eigenvalue weighted by molar-refractivity contribution is 7.07. The van der Waals surface area contributed by atoms with E-state index in [2.05, 4.69) is 0 Å². The van der Waals surface area contributed by atoms with Gasteiger partial charge in [-0.25, -0.2) is 9.79 Å². The number of halogens is 1. The van der Waals surface area contributed by atoms with Crippen LogP contribution in [0.25, 0.3) is 6.08 Å². The first-order chi connectivity index (χ1) is 18.4. The fourth-order valence-corrected chi connectivity index (χ4v) is 5.60. The first-order valence-electron chi connectivity index (χ1n) is 12.1. The summed E-state index contributed by atoms with van der Waals surface area (Å²) in [7, 11) is 4.67. The lowest BCUT2D eigenvalue weighted by Crippen LogP contribution is -2.40. The molecule has 8 nitrogen and oxygen atoms in total. The number of carbonyl (C=O) groups is 1. The third kappa shape index (κ3) is 5.21. The Morgan fingerprint density at radius 2 is 1.84 bits per heavy atom. The molecule has 0 fully saturated rings. The summed E-state index contributed by atoms with van der Waals surface area (Å²) in [5.41, 5.74) is 1.84. The second-order valence-electron chi connectivity index (χ2n) is 8.41. The Kier molecular flexibility index (Phi) is 8.58. The van der Waals surface area contributed by atoms with Crippen LogP contribution in [0, 0.1) is 0 Å². The van der Waals surface area contributed by atoms with Gasteiger partial charge in [0.05, 0.1) is 43.7 Å². The maximum absolute atomic E-state index is 14.0. The number of thiazole rings is 1. The van der Waals surface area contributed by atoms with E-state index in [1.165, 1.54) is 23.0 Å². The van der Waals surface area contributed by atoms with Crippen molar-refractivity contribution < 1.29 is 23.7 Å². The summed E-state index contributed by atoms with van der Waals surface area (Å²) < 4.78 is 23.8. The van der Waals surface area contributed by atoms with Gasteiger partial charge in [0.25, 0.3) is 5.56 Å². The average molecular weight is 557 g/mol. The van der Waals surface area contributed by atoms with Crippen molar-refractivity contribution in [2.45, 2.75) is 32.7 Å². The molecule has 0 radical (unpaired) electrons. The number of benzene rings is 2. The normalized spacial score (nSPS) is 15.1. The van der Waals surface area contributed by atoms with E-state index >= 15 is 0 Å². The van der Waals surface area contributed by atoms with Crippen molar-refractivity contribution in [3.05, 3.63) is 83.5 Å². The standard InChI is InChI=1S/C28H29ClN2O6S/c1-6-8-20-24(27(33)37-7-2)25(19-14-17(29)10-12-21(19)35-4)31-26(32)23(38-28(31)30-20)13-16-9-11-18(34-3)15-22(16)36-5/h9-15,25H,6-8H2,1-5H3/b23-13+/t25-/m0/s1. The molecule has 1 aliphatic heterocycles. The molecule has 10 heteroatoms. The molecule has 0 bridgehead atoms. The summed E-state index contributed by atoms with van der Waals surface area (Å²) in [6.07, 6.45) is 3.03. The molecule has 1 aromatic heterocycles. The predicted octanol–water partition coefficient (Wildman–Crippen LogP) is 4.26. The summed E-state index contributed by atoms with van der Waals surface area (Å²) in [5, 5.41) is 0.447. The van der Waals surface area contributed by atoms with E-state index in [1.807, 2.05) is 13.0 Å². The molecule has 0 saturated heterocycles. The Hall–Kier alpha value is -3.56. The lowest BCUT2D eigenvalue weighted by Gasteiger charge is -2.27. The monoisotopic (exact) mass is 556 g/mol. The maximum atomic E-state index is 14.0. The highest BCUT2D eigenvalue weighted by atomic mass is 35.5. The minimum Gasteiger partial charge on any atom is -0.497 e. The molecular weight excluding hydrogens is 528 g/mol. The fraction of sp³-hybridized carbons (Fsp3) is 0.321. The van der Waals surface area contributed by atoms with E-state index in [1.54, 1.807) is 57.6 Å². The van der Waals surface area contributed by atoms with Crippen molar-refractivity contribution >= 4 is 35.0 Å². The molecule has 0 aliphatic carbocycles. The van der Waals surface area contributed by atoms with E-state index < -0.39 is 12.0 Å². The maximum Gasteiger partial charge on any atom is 0.338 e. The molecular formula is C28H29ClN2O6S. The van der Waals surface area contributed by atoms with Gasteiger partial charge in [0.1, 0.15) is 23.3 Å². The third-order valence-electron chi connectivity index (χ3n) is 6.11. The Morgan fingerprint density at radius 1 is 1.08 bits per heavy atom. The van der Waals surface area contributed by atoms with Gasteiger partial charge in [-0.3, -0.25) is 9.36 Å². The predicted molar refractivity (Wildman–Crippen MR) is 147 cm³/mol. The van der Waals surface area contributed by atoms with Gasteiger partial charge in [-0.05, 0) is 49.8 Å². The fourth-order valence-electron chi connectivity index (χ4n) is 4.41. The lowest BCUT2D eigenvalue weighted by molar-refractivity contribution is -0.139. The molecule has 1 atom stereocenters. The van der Waals surface area contributed by atoms with Crippen molar-refractivity contribution in [3.8, 4) is 17.2 Å². The molecule has 0 spiro atoms. The van der Waals surface area contributed by atoms with Crippen LogP contribution >= 0.6 is 22.9 Å². The molecule has 0 N–H and O–H groups in total. The molecule has 38 heavy (non-hydrogen) atoms. The van der Waals surface area contributed by atoms with E-state index in [-0.39, 0.29) is 12.2 Å². The lowest BCUT2D eigenvalue weighted by atomic mass is 9.93. The Morgan fingerprint density at radius 3 is 2.50 bits per heavy atom. The number of ether oxygens (including phenoxy) is 4. The minimum atomic E-state index is -0.833. The molecule has 3 aromatic rings. The summed E-state index contributed by atoms with van der Waals surface area (Å²) in [4.78, 5) is 32.6. The summed E-state index contributed by atoms with van der Waals surface area (Å²) >= 11 is 7.63. The summed E-state index contributed by atoms with van der Waals surface area (Å²) in [6.45, 7) is 3.93. The Bertz CT molecular complexity index is 1570. The van der Waals surface area contributed by atoms with Crippen LogP contribution in [0.5, 0.6) is 17.2 Å². The van der Waals surface area contributed by atoms with Crippen molar-refractivity contribution in [3.63, 3.8) is 0 Å². The molecule has 4 rings (SSSR count). The zero-order valence-corrected chi connectivity index (χ0v) is 23.4. The van der Waals surface area contributed by atoms with Gasteiger partial charge in [-0.2, -0.15) is 0 Å². The van der Waals surface area contributed by atoms with Crippen LogP contribution in [0.1, 0.15) is 43.9 Å². The number of nitrogens with zero attached hydrogens (tertiary/aromatic N) is 2. The first-order valence-corrected chi connectivity index (χ1v) is 13.3. The van der Waals surface area contributed by atoms with Gasteiger partial charge in [0.15, 0.2) is 4.80 Å². The van der Waals surface area contributed by atoms with E-state index in [0.717, 1.165) is 6.42 Å². The molecule has 2 aromatic carbocycles. The molecule has 200 valence electrons. The Labute approximate surface area is 229 Å². The number of methoxy groups -OCH3 is 3. The minimum absolute atomic E-state index is 0.183. The van der Waals surface area contributed by atoms with Gasteiger partial charge in [0.2, 0.25) is 0 Å². The Balaban J connectivity index is 2.04. The van der Waals surface area contributed by atoms with Crippen LogP contribution in [-0.2, 0) is 9.53 Å². The second kappa shape index (κ2) is 11.9. The zero-order valence-electron chi connectivity index (χ0n) is 21.9. The quantitative estimate of drug-likeness (QED) is 0.366. The second-order valence-corrected chi connectivity index (χ2v) is 9.85. The summed E-state index contributed by atoms with van der Waals surface area (Å²) in [5.74, 6) is 1.15. The number of rotatable bonds is 9. The number of fused-ring (bicyclic) bond motifs is 1. The molecule has 0 unspecified atom stereocenters. The van der Waals surface area contributed by atoms with Gasteiger partial charge < -0.3 is 18.9 Å². The van der Waals surface area contributed by atoms with Crippen LogP contribution in [0.2, 0.25) is 5.02 Å². The number of aromatic nitrogens is 1. The molecule has 0 saturated carbocycles. The van der Waals surface area contributed by atoms with Crippen LogP contribution in [-0.4, -0.2) is 38.5 Å². The van der Waals surface area contributed by atoms with Crippen molar-refractivity contribution in [1.82, 2.24) is 4.57 Å². The van der Waals surface area contributed by atoms with Gasteiger partial charge in [-0.15, -0.1) is 0 Å². The van der Waals surface area contributed by atoms with Crippen LogP contribution < -0.4 is 29.1 Å². The summed E-state index contributed by atoms with van der Waals surface area (Å²) in [6, 6.07) is 9.66. The van der Waals surface area contributed by atoms with Gasteiger partial charge >= 0.3 is 5.97 Å². The van der Waals surface area contributed by atoms with Crippen molar-refractivity contribution in [1.29, 1.82) is 0 Å². The van der Waals surface area contributed by atoms with Crippen molar-refractivity contribution in [2.75, 3.05) is 27.9 Å². The SMILES string of the molecule is CCCC1=C(C(=O)OCC)[C@H](c2cc(Cl)ccc2OC)n2c(s/c(=C/c3ccc(OC)cc3OC)c2=O)=N1. The van der Waals surface area contributed by atoms with Crippen LogP contribution in [0.15, 0.2) is 57.5 Å². The topological polar surface area (TPSA) is 88.4 Å². The number of esters is 1. The molecule has 1 aliphatic rings. The van der Waals surface area contributed by atoms with E-state index in [0.29, 0.717) is 60.4 Å². The third-order valence-corrected chi connectivity index (χ3v) is 7.32.